The topological polar surface area (TPSA) is 20.2 Å². The highest BCUT2D eigenvalue weighted by Crippen LogP contribution is 2.37. The van der Waals surface area contributed by atoms with Crippen molar-refractivity contribution in [3.63, 3.8) is 0 Å². The van der Waals surface area contributed by atoms with Gasteiger partial charge in [0.05, 0.1) is 14.8 Å². The fourth-order valence-electron chi connectivity index (χ4n) is 0.113. The Bertz CT molecular complexity index is 49.0. The molecule has 2 unspecified atom stereocenters. The van der Waals surface area contributed by atoms with Crippen LogP contribution >= 0.6 is 8.23 Å². The van der Waals surface area contributed by atoms with Gasteiger partial charge in [0.2, 0.25) is 0 Å². The van der Waals surface area contributed by atoms with E-state index in [0.717, 1.165) is 0 Å². The number of aliphatic hydroxyl groups excluding tert-OH is 1. The molecule has 0 radical (unpaired) electrons. The van der Waals surface area contributed by atoms with Gasteiger partial charge in [-0.1, -0.05) is 6.92 Å². The van der Waals surface area contributed by atoms with Crippen molar-refractivity contribution in [3.8, 4) is 0 Å². The van der Waals surface area contributed by atoms with E-state index in [9.17, 15) is 4.20 Å². The van der Waals surface area contributed by atoms with E-state index in [0.29, 0.717) is 0 Å². The molecule has 0 saturated heterocycles. The highest BCUT2D eigenvalue weighted by Gasteiger charge is 2.07. The van der Waals surface area contributed by atoms with Crippen LogP contribution in [0.25, 0.3) is 0 Å². The molecule has 0 saturated carbocycles. The van der Waals surface area contributed by atoms with Gasteiger partial charge in [-0.3, -0.25) is 0 Å². The summed E-state index contributed by atoms with van der Waals surface area (Å²) in [6, 6.07) is 0. The molecule has 7 heavy (non-hydrogen) atoms. The molecule has 3 heteroatoms. The van der Waals surface area contributed by atoms with Crippen molar-refractivity contribution in [1.82, 2.24) is 0 Å². The van der Waals surface area contributed by atoms with Gasteiger partial charge in [0.15, 0.2) is 0 Å². The molecular weight excluding hydrogens is 114 g/mol. The second kappa shape index (κ2) is 3.34. The minimum atomic E-state index is -1.41. The van der Waals surface area contributed by atoms with Crippen LogP contribution in [0.15, 0.2) is 0 Å². The SMILES string of the molecule is CC(CO)P(C)F. The number of aliphatic hydroxyl groups is 1. The predicted octanol–water partition coefficient (Wildman–Crippen LogP) is 1.36. The van der Waals surface area contributed by atoms with Gasteiger partial charge in [-0.15, -0.1) is 0 Å². The Labute approximate surface area is 44.4 Å². The van der Waals surface area contributed by atoms with Gasteiger partial charge in [0.1, 0.15) is 0 Å². The van der Waals surface area contributed by atoms with Crippen LogP contribution in [0.3, 0.4) is 0 Å². The van der Waals surface area contributed by atoms with Crippen LogP contribution < -0.4 is 0 Å². The van der Waals surface area contributed by atoms with Crippen LogP contribution in [0, 0.1) is 0 Å². The highest BCUT2D eigenvalue weighted by atomic mass is 31.2. The van der Waals surface area contributed by atoms with E-state index in [1.807, 2.05) is 0 Å². The van der Waals surface area contributed by atoms with Gasteiger partial charge in [0.25, 0.3) is 0 Å². The molecule has 0 fully saturated rings. The summed E-state index contributed by atoms with van der Waals surface area (Å²) >= 11 is 0. The van der Waals surface area contributed by atoms with Gasteiger partial charge >= 0.3 is 0 Å². The summed E-state index contributed by atoms with van der Waals surface area (Å²) in [6.45, 7) is 3.18. The second-order valence-electron chi connectivity index (χ2n) is 1.56. The third-order valence-electron chi connectivity index (χ3n) is 0.872. The normalized spacial score (nSPS) is 18.9. The van der Waals surface area contributed by atoms with E-state index < -0.39 is 8.23 Å². The first-order chi connectivity index (χ1) is 3.18. The maximum atomic E-state index is 12.0. The highest BCUT2D eigenvalue weighted by molar-refractivity contribution is 7.52. The predicted molar refractivity (Wildman–Crippen MR) is 30.5 cm³/mol. The Kier molecular flexibility index (Phi) is 3.49. The molecule has 1 N–H and O–H groups in total. The maximum Gasteiger partial charge on any atom is 0.0833 e. The number of halogens is 1. The zero-order valence-corrected chi connectivity index (χ0v) is 5.45. The first-order valence-electron chi connectivity index (χ1n) is 2.18. The standard InChI is InChI=1S/C4H10FOP/c1-4(3-6)7(2)5/h4,6H,3H2,1-2H3. The number of rotatable bonds is 2. The van der Waals surface area contributed by atoms with E-state index in [-0.39, 0.29) is 12.3 Å². The summed E-state index contributed by atoms with van der Waals surface area (Å²) in [7, 11) is -1.41. The van der Waals surface area contributed by atoms with Gasteiger partial charge in [0, 0.05) is 5.66 Å². The molecule has 0 rings (SSSR count). The van der Waals surface area contributed by atoms with Crippen molar-refractivity contribution in [3.05, 3.63) is 0 Å². The van der Waals surface area contributed by atoms with Gasteiger partial charge in [-0.25, -0.2) is 4.20 Å². The lowest BCUT2D eigenvalue weighted by molar-refractivity contribution is 0.297. The van der Waals surface area contributed by atoms with E-state index in [1.165, 1.54) is 6.66 Å². The summed E-state index contributed by atoms with van der Waals surface area (Å²) in [5.74, 6) is 0. The third kappa shape index (κ3) is 2.95. The molecule has 0 aliphatic heterocycles. The number of hydrogen-bond acceptors (Lipinski definition) is 1. The lowest BCUT2D eigenvalue weighted by Crippen LogP contribution is -2.01. The Hall–Kier alpha value is 0.320. The molecule has 0 amide bonds. The molecule has 0 aromatic rings. The summed E-state index contributed by atoms with van der Waals surface area (Å²) in [5, 5.41) is 8.28. The molecule has 0 aliphatic rings. The van der Waals surface area contributed by atoms with Crippen molar-refractivity contribution >= 4 is 8.23 Å². The molecule has 0 aromatic carbocycles. The van der Waals surface area contributed by atoms with E-state index in [4.69, 9.17) is 5.11 Å². The third-order valence-corrected chi connectivity index (χ3v) is 2.25. The second-order valence-corrected chi connectivity index (χ2v) is 3.49. The Balaban J connectivity index is 3.14. The van der Waals surface area contributed by atoms with Crippen LogP contribution in [0.5, 0.6) is 0 Å². The lowest BCUT2D eigenvalue weighted by Gasteiger charge is -2.05. The lowest BCUT2D eigenvalue weighted by atomic mass is 10.5. The largest absolute Gasteiger partial charge is 0.396 e. The molecule has 0 bridgehead atoms. The fraction of sp³-hybridized carbons (Fsp3) is 1.00. The minimum absolute atomic E-state index is 0.0291. The van der Waals surface area contributed by atoms with E-state index in [1.54, 1.807) is 6.92 Å². The molecule has 0 aromatic heterocycles. The summed E-state index contributed by atoms with van der Waals surface area (Å²) in [6.07, 6.45) is 0. The van der Waals surface area contributed by atoms with Crippen molar-refractivity contribution in [1.29, 1.82) is 0 Å². The van der Waals surface area contributed by atoms with Crippen LogP contribution in [0.2, 0.25) is 0 Å². The van der Waals surface area contributed by atoms with Gasteiger partial charge < -0.3 is 5.11 Å². The quantitative estimate of drug-likeness (QED) is 0.551. The van der Waals surface area contributed by atoms with Gasteiger partial charge in [-0.05, 0) is 6.66 Å². The van der Waals surface area contributed by atoms with Gasteiger partial charge in [-0.2, -0.15) is 0 Å². The van der Waals surface area contributed by atoms with Crippen molar-refractivity contribution < 1.29 is 9.30 Å². The molecule has 2 atom stereocenters. The van der Waals surface area contributed by atoms with Crippen molar-refractivity contribution in [2.24, 2.45) is 0 Å². The van der Waals surface area contributed by atoms with Crippen LogP contribution in [0.4, 0.5) is 4.20 Å². The molecule has 0 spiro atoms. The van der Waals surface area contributed by atoms with E-state index in [2.05, 4.69) is 0 Å². The van der Waals surface area contributed by atoms with Crippen molar-refractivity contribution in [2.75, 3.05) is 13.3 Å². The minimum Gasteiger partial charge on any atom is -0.396 e. The Morgan fingerprint density at radius 3 is 2.29 bits per heavy atom. The number of hydrogen-bond donors (Lipinski definition) is 1. The first-order valence-corrected chi connectivity index (χ1v) is 3.93. The molecular formula is C4H10FOP. The first kappa shape index (κ1) is 7.32. The Morgan fingerprint density at radius 2 is 2.29 bits per heavy atom. The van der Waals surface area contributed by atoms with Crippen molar-refractivity contribution in [2.45, 2.75) is 12.6 Å². The van der Waals surface area contributed by atoms with E-state index >= 15 is 0 Å². The molecule has 0 heterocycles. The summed E-state index contributed by atoms with van der Waals surface area (Å²) < 4.78 is 12.0. The summed E-state index contributed by atoms with van der Waals surface area (Å²) in [5.41, 5.74) is -0.144. The zero-order valence-electron chi connectivity index (χ0n) is 4.56. The summed E-state index contributed by atoms with van der Waals surface area (Å²) in [4.78, 5) is 0. The molecule has 0 aliphatic carbocycles. The maximum absolute atomic E-state index is 12.0. The fourth-order valence-corrected chi connectivity index (χ4v) is 0.338. The van der Waals surface area contributed by atoms with Crippen LogP contribution in [-0.2, 0) is 0 Å². The van der Waals surface area contributed by atoms with Crippen LogP contribution in [-0.4, -0.2) is 24.0 Å². The Morgan fingerprint density at radius 1 is 1.86 bits per heavy atom. The smallest absolute Gasteiger partial charge is 0.0833 e. The molecule has 44 valence electrons. The average Bonchev–Trinajstić information content (AvgIpc) is 1.65. The molecule has 1 nitrogen and oxygen atoms in total. The monoisotopic (exact) mass is 124 g/mol. The zero-order chi connectivity index (χ0) is 5.86. The van der Waals surface area contributed by atoms with Crippen LogP contribution in [0.1, 0.15) is 6.92 Å². The average molecular weight is 124 g/mol.